The van der Waals surface area contributed by atoms with E-state index in [0.29, 0.717) is 0 Å². The van der Waals surface area contributed by atoms with Crippen molar-refractivity contribution in [3.8, 4) is 0 Å². The van der Waals surface area contributed by atoms with Crippen LogP contribution in [0.3, 0.4) is 0 Å². The number of benzene rings is 2. The van der Waals surface area contributed by atoms with Crippen molar-refractivity contribution in [1.29, 1.82) is 0 Å². The molecule has 0 fully saturated rings. The zero-order chi connectivity index (χ0) is 11.4. The molecule has 2 aromatic heterocycles. The molecule has 0 atom stereocenters. The monoisotopic (exact) mass is 335 g/mol. The van der Waals surface area contributed by atoms with Crippen LogP contribution >= 0.6 is 22.9 Å². The van der Waals surface area contributed by atoms with Crippen LogP contribution in [0.2, 0.25) is 0 Å². The van der Waals surface area contributed by atoms with E-state index in [-0.39, 0.29) is 0 Å². The number of aromatic nitrogens is 3. The van der Waals surface area contributed by atoms with Gasteiger partial charge in [0.05, 0.1) is 28.4 Å². The second kappa shape index (κ2) is 3.19. The standard InChI is InChI=1S/C12H6IN3O/c13-16-10-4-2-1-3-7(10)8-5-6-9-12(11(8)16)17-15-14-9/h1-6H. The molecule has 17 heavy (non-hydrogen) atoms. The van der Waals surface area contributed by atoms with Crippen LogP contribution in [-0.4, -0.2) is 13.2 Å². The van der Waals surface area contributed by atoms with Gasteiger partial charge in [-0.1, -0.05) is 18.2 Å². The Hall–Kier alpha value is -1.63. The maximum Gasteiger partial charge on any atom is 0.212 e. The molecule has 2 aromatic carbocycles. The molecule has 0 saturated carbocycles. The Balaban J connectivity index is 2.43. The molecule has 5 heteroatoms. The van der Waals surface area contributed by atoms with Gasteiger partial charge in [0, 0.05) is 16.0 Å². The first-order valence-electron chi connectivity index (χ1n) is 5.16. The molecule has 4 rings (SSSR count). The third-order valence-corrected chi connectivity index (χ3v) is 4.00. The predicted molar refractivity (Wildman–Crippen MR) is 74.2 cm³/mol. The Morgan fingerprint density at radius 1 is 1.06 bits per heavy atom. The molecule has 0 saturated heterocycles. The van der Waals surface area contributed by atoms with Crippen molar-refractivity contribution in [2.45, 2.75) is 0 Å². The molecule has 0 aliphatic rings. The number of nitrogens with zero attached hydrogens (tertiary/aromatic N) is 3. The number of halogens is 1. The van der Waals surface area contributed by atoms with Gasteiger partial charge in [0.15, 0.2) is 0 Å². The topological polar surface area (TPSA) is 43.9 Å². The molecule has 2 heterocycles. The molecule has 0 aliphatic carbocycles. The van der Waals surface area contributed by atoms with Gasteiger partial charge in [-0.15, -0.1) is 5.10 Å². The van der Waals surface area contributed by atoms with E-state index in [1.165, 1.54) is 16.3 Å². The molecule has 0 bridgehead atoms. The van der Waals surface area contributed by atoms with E-state index < -0.39 is 0 Å². The van der Waals surface area contributed by atoms with Gasteiger partial charge in [-0.3, -0.25) is 2.78 Å². The number of fused-ring (bicyclic) bond motifs is 5. The van der Waals surface area contributed by atoms with Crippen LogP contribution in [0, 0.1) is 0 Å². The molecule has 0 amide bonds. The van der Waals surface area contributed by atoms with E-state index in [4.69, 9.17) is 4.52 Å². The largest absolute Gasteiger partial charge is 0.335 e. The minimum Gasteiger partial charge on any atom is -0.335 e. The highest BCUT2D eigenvalue weighted by Gasteiger charge is 2.14. The van der Waals surface area contributed by atoms with Gasteiger partial charge in [-0.25, -0.2) is 0 Å². The third-order valence-electron chi connectivity index (χ3n) is 2.99. The summed E-state index contributed by atoms with van der Waals surface area (Å²) in [5, 5.41) is 9.95. The lowest BCUT2D eigenvalue weighted by Gasteiger charge is -1.93. The molecule has 4 nitrogen and oxygen atoms in total. The number of hydrogen-bond acceptors (Lipinski definition) is 3. The average Bonchev–Trinajstić information content (AvgIpc) is 2.93. The minimum atomic E-state index is 0.744. The van der Waals surface area contributed by atoms with Crippen molar-refractivity contribution >= 4 is 55.8 Å². The fraction of sp³-hybridized carbons (Fsp3) is 0. The van der Waals surface area contributed by atoms with E-state index in [9.17, 15) is 0 Å². The summed E-state index contributed by atoms with van der Waals surface area (Å²) in [6, 6.07) is 12.3. The van der Waals surface area contributed by atoms with Gasteiger partial charge in [0.1, 0.15) is 11.0 Å². The Morgan fingerprint density at radius 2 is 1.94 bits per heavy atom. The summed E-state index contributed by atoms with van der Waals surface area (Å²) in [7, 11) is 0. The van der Waals surface area contributed by atoms with Gasteiger partial charge in [-0.05, 0) is 18.2 Å². The van der Waals surface area contributed by atoms with Crippen LogP contribution in [0.15, 0.2) is 40.9 Å². The summed E-state index contributed by atoms with van der Waals surface area (Å²) in [4.78, 5) is 0. The summed E-state index contributed by atoms with van der Waals surface area (Å²) >= 11 is 2.28. The van der Waals surface area contributed by atoms with E-state index >= 15 is 0 Å². The van der Waals surface area contributed by atoms with Gasteiger partial charge in [0.25, 0.3) is 0 Å². The lowest BCUT2D eigenvalue weighted by atomic mass is 10.1. The fourth-order valence-corrected chi connectivity index (χ4v) is 3.14. The molecule has 0 radical (unpaired) electrons. The Morgan fingerprint density at radius 3 is 2.88 bits per heavy atom. The Bertz CT molecular complexity index is 862. The van der Waals surface area contributed by atoms with Crippen LogP contribution in [0.5, 0.6) is 0 Å². The van der Waals surface area contributed by atoms with Crippen LogP contribution in [0.25, 0.3) is 32.9 Å². The average molecular weight is 335 g/mol. The van der Waals surface area contributed by atoms with E-state index in [1.807, 2.05) is 18.2 Å². The van der Waals surface area contributed by atoms with Gasteiger partial charge < -0.3 is 4.52 Å². The molecule has 0 spiro atoms. The van der Waals surface area contributed by atoms with Crippen LogP contribution in [0.4, 0.5) is 0 Å². The number of rotatable bonds is 0. The first-order chi connectivity index (χ1) is 8.36. The van der Waals surface area contributed by atoms with E-state index in [1.54, 1.807) is 0 Å². The first-order valence-corrected chi connectivity index (χ1v) is 6.13. The normalized spacial score (nSPS) is 11.8. The summed E-state index contributed by atoms with van der Waals surface area (Å²) in [5.41, 5.74) is 3.74. The van der Waals surface area contributed by atoms with Gasteiger partial charge in [-0.2, -0.15) is 0 Å². The molecular weight excluding hydrogens is 329 g/mol. The maximum absolute atomic E-state index is 5.25. The predicted octanol–water partition coefficient (Wildman–Crippen LogP) is 3.53. The second-order valence-corrected chi connectivity index (χ2v) is 4.85. The summed E-state index contributed by atoms with van der Waals surface area (Å²) in [5.74, 6) is 0. The highest BCUT2D eigenvalue weighted by molar-refractivity contribution is 14.1. The maximum atomic E-state index is 5.25. The van der Waals surface area contributed by atoms with Crippen LogP contribution in [-0.2, 0) is 0 Å². The van der Waals surface area contributed by atoms with Crippen LogP contribution in [0.1, 0.15) is 0 Å². The lowest BCUT2D eigenvalue weighted by Crippen LogP contribution is -1.78. The minimum absolute atomic E-state index is 0.744. The number of para-hydroxylation sites is 1. The summed E-state index contributed by atoms with van der Waals surface area (Å²) in [6.45, 7) is 0. The molecule has 0 N–H and O–H groups in total. The van der Waals surface area contributed by atoms with Gasteiger partial charge in [0.2, 0.25) is 5.58 Å². The smallest absolute Gasteiger partial charge is 0.212 e. The van der Waals surface area contributed by atoms with E-state index in [0.717, 1.165) is 16.6 Å². The molecule has 0 unspecified atom stereocenters. The van der Waals surface area contributed by atoms with Crippen molar-refractivity contribution in [2.24, 2.45) is 0 Å². The van der Waals surface area contributed by atoms with Gasteiger partial charge >= 0.3 is 0 Å². The Kier molecular flexibility index (Phi) is 1.77. The fourth-order valence-electron chi connectivity index (χ4n) is 2.24. The highest BCUT2D eigenvalue weighted by Crippen LogP contribution is 2.34. The lowest BCUT2D eigenvalue weighted by molar-refractivity contribution is 0.425. The van der Waals surface area contributed by atoms with Crippen molar-refractivity contribution in [1.82, 2.24) is 13.2 Å². The highest BCUT2D eigenvalue weighted by atomic mass is 127. The summed E-state index contributed by atoms with van der Waals surface area (Å²) in [6.07, 6.45) is 0. The van der Waals surface area contributed by atoms with Crippen molar-refractivity contribution in [3.05, 3.63) is 36.4 Å². The Labute approximate surface area is 110 Å². The van der Waals surface area contributed by atoms with Crippen molar-refractivity contribution in [2.75, 3.05) is 0 Å². The zero-order valence-corrected chi connectivity index (χ0v) is 10.7. The second-order valence-electron chi connectivity index (χ2n) is 3.88. The SMILES string of the molecule is In1c2ccccc2c2ccc3nnoc3c21. The summed E-state index contributed by atoms with van der Waals surface area (Å²) < 4.78 is 7.35. The molecule has 4 aromatic rings. The third kappa shape index (κ3) is 1.12. The zero-order valence-electron chi connectivity index (χ0n) is 8.59. The quantitative estimate of drug-likeness (QED) is 0.462. The van der Waals surface area contributed by atoms with E-state index in [2.05, 4.69) is 54.2 Å². The van der Waals surface area contributed by atoms with Crippen molar-refractivity contribution in [3.63, 3.8) is 0 Å². The van der Waals surface area contributed by atoms with Crippen molar-refractivity contribution < 1.29 is 4.52 Å². The molecular formula is C12H6IN3O. The molecule has 0 aliphatic heterocycles. The molecule has 82 valence electrons. The first kappa shape index (κ1) is 9.41. The number of hydrogen-bond donors (Lipinski definition) is 0. The van der Waals surface area contributed by atoms with Crippen LogP contribution < -0.4 is 0 Å².